The van der Waals surface area contributed by atoms with E-state index in [1.165, 1.54) is 16.0 Å². The molecule has 2 aromatic rings. The van der Waals surface area contributed by atoms with Crippen molar-refractivity contribution in [3.8, 4) is 5.75 Å². The molecule has 0 saturated heterocycles. The predicted molar refractivity (Wildman–Crippen MR) is 94.2 cm³/mol. The number of nitrogens with zero attached hydrogens (tertiary/aromatic N) is 1. The summed E-state index contributed by atoms with van der Waals surface area (Å²) in [6.45, 7) is 4.94. The number of para-hydroxylation sites is 1. The van der Waals surface area contributed by atoms with Crippen molar-refractivity contribution in [1.82, 2.24) is 0 Å². The lowest BCUT2D eigenvalue weighted by Crippen LogP contribution is -2.31. The molecule has 4 nitrogen and oxygen atoms in total. The van der Waals surface area contributed by atoms with Crippen LogP contribution >= 0.6 is 11.6 Å². The zero-order valence-corrected chi connectivity index (χ0v) is 14.4. The second-order valence-corrected chi connectivity index (χ2v) is 6.28. The Bertz CT molecular complexity index is 816. The zero-order valence-electron chi connectivity index (χ0n) is 13.6. The summed E-state index contributed by atoms with van der Waals surface area (Å²) in [6.07, 6.45) is 0.608. The number of amides is 1. The molecular formula is C19H18ClNO3. The molecule has 3 rings (SSSR count). The molecule has 0 spiro atoms. The van der Waals surface area contributed by atoms with Crippen LogP contribution in [0.3, 0.4) is 0 Å². The highest BCUT2D eigenvalue weighted by molar-refractivity contribution is 6.54. The number of Topliss-reactive ketones (excluding diaryl/α,β-unsaturated/α-hetero) is 1. The van der Waals surface area contributed by atoms with E-state index in [0.717, 1.165) is 5.75 Å². The molecule has 0 aromatic heterocycles. The Morgan fingerprint density at radius 1 is 1.08 bits per heavy atom. The van der Waals surface area contributed by atoms with Crippen molar-refractivity contribution in [2.75, 3.05) is 18.1 Å². The Morgan fingerprint density at radius 3 is 2.62 bits per heavy atom. The lowest BCUT2D eigenvalue weighted by molar-refractivity contribution is -0.114. The normalized spacial score (nSPS) is 13.4. The van der Waals surface area contributed by atoms with Gasteiger partial charge in [-0.1, -0.05) is 23.7 Å². The second-order valence-electron chi connectivity index (χ2n) is 5.87. The number of aryl methyl sites for hydroxylation is 2. The minimum atomic E-state index is -0.524. The van der Waals surface area contributed by atoms with Gasteiger partial charge in [-0.15, -0.1) is 0 Å². The minimum absolute atomic E-state index is 0.377. The Labute approximate surface area is 146 Å². The fourth-order valence-corrected chi connectivity index (χ4v) is 3.02. The summed E-state index contributed by atoms with van der Waals surface area (Å²) in [7, 11) is 0. The van der Waals surface area contributed by atoms with E-state index in [9.17, 15) is 9.59 Å². The number of fused-ring (bicyclic) bond motifs is 1. The van der Waals surface area contributed by atoms with Crippen LogP contribution < -0.4 is 9.64 Å². The van der Waals surface area contributed by atoms with Gasteiger partial charge >= 0.3 is 0 Å². The molecule has 0 unspecified atom stereocenters. The highest BCUT2D eigenvalue weighted by Crippen LogP contribution is 2.35. The summed E-state index contributed by atoms with van der Waals surface area (Å²) in [4.78, 5) is 25.6. The fraction of sp³-hybridized carbons (Fsp3) is 0.263. The SMILES string of the molecule is Cc1ccc(OCCCN2C(=O)C(=O)c3cccc(Cl)c32)cc1C. The van der Waals surface area contributed by atoms with Crippen LogP contribution in [0.1, 0.15) is 27.9 Å². The lowest BCUT2D eigenvalue weighted by Gasteiger charge is -2.17. The van der Waals surface area contributed by atoms with Gasteiger partial charge in [0.15, 0.2) is 0 Å². The molecule has 0 saturated carbocycles. The Hall–Kier alpha value is -2.33. The van der Waals surface area contributed by atoms with Crippen LogP contribution in [0.25, 0.3) is 0 Å². The minimum Gasteiger partial charge on any atom is -0.494 e. The molecule has 0 bridgehead atoms. The highest BCUT2D eigenvalue weighted by Gasteiger charge is 2.36. The zero-order chi connectivity index (χ0) is 17.3. The first-order valence-corrected chi connectivity index (χ1v) is 8.21. The van der Waals surface area contributed by atoms with Gasteiger partial charge in [-0.3, -0.25) is 9.59 Å². The summed E-state index contributed by atoms with van der Waals surface area (Å²) in [6, 6.07) is 10.9. The summed E-state index contributed by atoms with van der Waals surface area (Å²) in [5.41, 5.74) is 3.28. The van der Waals surface area contributed by atoms with E-state index in [1.807, 2.05) is 25.1 Å². The second kappa shape index (κ2) is 6.65. The molecule has 2 aromatic carbocycles. The van der Waals surface area contributed by atoms with E-state index in [-0.39, 0.29) is 0 Å². The number of halogens is 1. The fourth-order valence-electron chi connectivity index (χ4n) is 2.74. The van der Waals surface area contributed by atoms with Gasteiger partial charge in [0.1, 0.15) is 5.75 Å². The summed E-state index contributed by atoms with van der Waals surface area (Å²) in [5.74, 6) is -0.216. The van der Waals surface area contributed by atoms with E-state index in [2.05, 4.69) is 6.92 Å². The van der Waals surface area contributed by atoms with Gasteiger partial charge in [-0.05, 0) is 55.7 Å². The lowest BCUT2D eigenvalue weighted by atomic mass is 10.1. The molecule has 24 heavy (non-hydrogen) atoms. The predicted octanol–water partition coefficient (Wildman–Crippen LogP) is 3.96. The molecule has 0 fully saturated rings. The van der Waals surface area contributed by atoms with Crippen LogP contribution in [0, 0.1) is 13.8 Å². The highest BCUT2D eigenvalue weighted by atomic mass is 35.5. The summed E-state index contributed by atoms with van der Waals surface area (Å²) < 4.78 is 5.73. The van der Waals surface area contributed by atoms with E-state index < -0.39 is 11.7 Å². The topological polar surface area (TPSA) is 46.6 Å². The van der Waals surface area contributed by atoms with Crippen molar-refractivity contribution in [3.05, 3.63) is 58.1 Å². The number of carbonyl (C=O) groups is 2. The van der Waals surface area contributed by atoms with Gasteiger partial charge in [0.05, 0.1) is 22.9 Å². The first-order valence-electron chi connectivity index (χ1n) is 7.84. The maximum atomic E-state index is 12.1. The Morgan fingerprint density at radius 2 is 1.88 bits per heavy atom. The van der Waals surface area contributed by atoms with Gasteiger partial charge < -0.3 is 9.64 Å². The first-order chi connectivity index (χ1) is 11.5. The van der Waals surface area contributed by atoms with Crippen molar-refractivity contribution < 1.29 is 14.3 Å². The van der Waals surface area contributed by atoms with Crippen molar-refractivity contribution in [1.29, 1.82) is 0 Å². The quantitative estimate of drug-likeness (QED) is 0.610. The maximum absolute atomic E-state index is 12.1. The van der Waals surface area contributed by atoms with Gasteiger partial charge in [0.2, 0.25) is 0 Å². The molecule has 1 amide bonds. The third-order valence-corrected chi connectivity index (χ3v) is 4.52. The Balaban J connectivity index is 1.62. The maximum Gasteiger partial charge on any atom is 0.299 e. The number of benzene rings is 2. The average Bonchev–Trinajstić information content (AvgIpc) is 2.81. The number of ether oxygens (including phenoxy) is 1. The summed E-state index contributed by atoms with van der Waals surface area (Å²) in [5, 5.41) is 0.418. The number of rotatable bonds is 5. The van der Waals surface area contributed by atoms with Crippen molar-refractivity contribution >= 4 is 29.0 Å². The monoisotopic (exact) mass is 343 g/mol. The smallest absolute Gasteiger partial charge is 0.299 e. The van der Waals surface area contributed by atoms with Crippen LogP contribution in [-0.2, 0) is 4.79 Å². The van der Waals surface area contributed by atoms with E-state index in [1.54, 1.807) is 18.2 Å². The van der Waals surface area contributed by atoms with Crippen molar-refractivity contribution in [2.24, 2.45) is 0 Å². The van der Waals surface area contributed by atoms with Gasteiger partial charge in [0, 0.05) is 6.54 Å². The summed E-state index contributed by atoms with van der Waals surface area (Å²) >= 11 is 6.16. The van der Waals surface area contributed by atoms with Gasteiger partial charge in [0.25, 0.3) is 11.7 Å². The average molecular weight is 344 g/mol. The third kappa shape index (κ3) is 3.02. The van der Waals surface area contributed by atoms with Crippen molar-refractivity contribution in [2.45, 2.75) is 20.3 Å². The molecule has 124 valence electrons. The van der Waals surface area contributed by atoms with Crippen molar-refractivity contribution in [3.63, 3.8) is 0 Å². The number of ketones is 1. The van der Waals surface area contributed by atoms with Crippen LogP contribution in [0.4, 0.5) is 5.69 Å². The van der Waals surface area contributed by atoms with Crippen LogP contribution in [0.5, 0.6) is 5.75 Å². The molecule has 0 radical (unpaired) electrons. The van der Waals surface area contributed by atoms with Gasteiger partial charge in [-0.2, -0.15) is 0 Å². The Kier molecular flexibility index (Phi) is 4.58. The van der Waals surface area contributed by atoms with E-state index in [4.69, 9.17) is 16.3 Å². The molecular weight excluding hydrogens is 326 g/mol. The molecule has 0 N–H and O–H groups in total. The number of hydrogen-bond donors (Lipinski definition) is 0. The number of anilines is 1. The molecule has 1 aliphatic heterocycles. The standard InChI is InChI=1S/C19H18ClNO3/c1-12-7-8-14(11-13(12)2)24-10-4-9-21-17-15(18(22)19(21)23)5-3-6-16(17)20/h3,5-8,11H,4,9-10H2,1-2H3. The molecule has 0 atom stereocenters. The third-order valence-electron chi connectivity index (χ3n) is 4.21. The van der Waals surface area contributed by atoms with Gasteiger partial charge in [-0.25, -0.2) is 0 Å². The molecule has 1 aliphatic rings. The van der Waals surface area contributed by atoms with E-state index in [0.29, 0.717) is 35.8 Å². The molecule has 0 aliphatic carbocycles. The first kappa shape index (κ1) is 16.5. The van der Waals surface area contributed by atoms with E-state index >= 15 is 0 Å². The largest absolute Gasteiger partial charge is 0.494 e. The number of carbonyl (C=O) groups excluding carboxylic acids is 2. The molecule has 1 heterocycles. The van der Waals surface area contributed by atoms with Crippen LogP contribution in [-0.4, -0.2) is 24.8 Å². The van der Waals surface area contributed by atoms with Crippen LogP contribution in [0.15, 0.2) is 36.4 Å². The molecule has 5 heteroatoms. The number of hydrogen-bond acceptors (Lipinski definition) is 3. The van der Waals surface area contributed by atoms with Crippen LogP contribution in [0.2, 0.25) is 5.02 Å².